The van der Waals surface area contributed by atoms with Crippen LogP contribution in [-0.4, -0.2) is 62.6 Å². The van der Waals surface area contributed by atoms with Crippen LogP contribution in [0.1, 0.15) is 12.0 Å². The van der Waals surface area contributed by atoms with E-state index in [-0.39, 0.29) is 24.5 Å². The molecule has 1 N–H and O–H groups in total. The number of nitrogens with zero attached hydrogens (tertiary/aromatic N) is 1. The maximum absolute atomic E-state index is 12.6. The van der Waals surface area contributed by atoms with Gasteiger partial charge in [0.25, 0.3) is 0 Å². The highest BCUT2D eigenvalue weighted by atomic mass is 32.2. The van der Waals surface area contributed by atoms with Gasteiger partial charge in [0, 0.05) is 12.6 Å². The minimum absolute atomic E-state index is 0.0231. The summed E-state index contributed by atoms with van der Waals surface area (Å²) in [5.41, 5.74) is 0.631. The van der Waals surface area contributed by atoms with E-state index in [1.54, 1.807) is 18.2 Å². The van der Waals surface area contributed by atoms with Crippen LogP contribution in [0.4, 0.5) is 0 Å². The molecule has 1 fully saturated rings. The van der Waals surface area contributed by atoms with Gasteiger partial charge in [0.15, 0.2) is 9.84 Å². The number of benzene rings is 1. The maximum Gasteiger partial charge on any atom is 0.323 e. The van der Waals surface area contributed by atoms with Crippen molar-refractivity contribution in [3.8, 4) is 11.5 Å². The molecular formula is C16H21NO7S. The first-order valence-electron chi connectivity index (χ1n) is 7.67. The number of aliphatic carboxylic acids is 1. The van der Waals surface area contributed by atoms with E-state index in [1.165, 1.54) is 14.2 Å². The standard InChI is InChI=1S/C16H21NO7S/c1-23-13-5-11(6-14(7-13)24-2)8-17(9-15(18)19)16(20)12-3-4-25(21,22)10-12/h5-7,12H,3-4,8-10H2,1-2H3,(H,18,19). The molecule has 0 aliphatic carbocycles. The van der Waals surface area contributed by atoms with Gasteiger partial charge >= 0.3 is 5.97 Å². The molecule has 25 heavy (non-hydrogen) atoms. The van der Waals surface area contributed by atoms with E-state index in [1.807, 2.05) is 0 Å². The minimum Gasteiger partial charge on any atom is -0.497 e. The predicted molar refractivity (Wildman–Crippen MR) is 89.4 cm³/mol. The number of amides is 1. The lowest BCUT2D eigenvalue weighted by atomic mass is 10.1. The van der Waals surface area contributed by atoms with Crippen molar-refractivity contribution in [1.82, 2.24) is 4.90 Å². The third kappa shape index (κ3) is 5.09. The normalized spacial score (nSPS) is 18.6. The van der Waals surface area contributed by atoms with E-state index in [9.17, 15) is 18.0 Å². The maximum atomic E-state index is 12.6. The fourth-order valence-electron chi connectivity index (χ4n) is 2.80. The Morgan fingerprint density at radius 2 is 1.80 bits per heavy atom. The predicted octanol–water partition coefficient (Wildman–Crippen LogP) is 0.552. The first-order valence-corrected chi connectivity index (χ1v) is 9.49. The molecule has 0 saturated carbocycles. The summed E-state index contributed by atoms with van der Waals surface area (Å²) in [6.45, 7) is -0.482. The number of hydrogen-bond acceptors (Lipinski definition) is 6. The first kappa shape index (κ1) is 19.0. The van der Waals surface area contributed by atoms with Crippen LogP contribution >= 0.6 is 0 Å². The van der Waals surface area contributed by atoms with Crippen molar-refractivity contribution in [3.63, 3.8) is 0 Å². The van der Waals surface area contributed by atoms with Crippen LogP contribution in [0.25, 0.3) is 0 Å². The van der Waals surface area contributed by atoms with Crippen molar-refractivity contribution in [2.45, 2.75) is 13.0 Å². The Morgan fingerprint density at radius 1 is 1.20 bits per heavy atom. The van der Waals surface area contributed by atoms with Crippen LogP contribution in [0.15, 0.2) is 18.2 Å². The third-order valence-electron chi connectivity index (χ3n) is 4.00. The van der Waals surface area contributed by atoms with Gasteiger partial charge in [-0.1, -0.05) is 0 Å². The topological polar surface area (TPSA) is 110 Å². The van der Waals surface area contributed by atoms with Gasteiger partial charge in [0.05, 0.1) is 31.6 Å². The van der Waals surface area contributed by atoms with Gasteiger partial charge < -0.3 is 19.5 Å². The Balaban J connectivity index is 2.23. The molecule has 1 unspecified atom stereocenters. The highest BCUT2D eigenvalue weighted by Crippen LogP contribution is 2.25. The average molecular weight is 371 g/mol. The SMILES string of the molecule is COc1cc(CN(CC(=O)O)C(=O)C2CCS(=O)(=O)C2)cc(OC)c1. The molecule has 8 nitrogen and oxygen atoms in total. The zero-order chi connectivity index (χ0) is 18.6. The second-order valence-electron chi connectivity index (χ2n) is 5.91. The molecule has 0 aromatic heterocycles. The van der Waals surface area contributed by atoms with Gasteiger partial charge in [-0.25, -0.2) is 8.42 Å². The molecule has 9 heteroatoms. The lowest BCUT2D eigenvalue weighted by molar-refractivity contribution is -0.146. The lowest BCUT2D eigenvalue weighted by Gasteiger charge is -2.24. The monoisotopic (exact) mass is 371 g/mol. The number of carboxylic acids is 1. The van der Waals surface area contributed by atoms with Crippen molar-refractivity contribution >= 4 is 21.7 Å². The molecule has 1 aromatic carbocycles. The lowest BCUT2D eigenvalue weighted by Crippen LogP contribution is -2.39. The molecule has 1 heterocycles. The summed E-state index contributed by atoms with van der Waals surface area (Å²) in [6, 6.07) is 5.02. The van der Waals surface area contributed by atoms with Crippen LogP contribution in [0.5, 0.6) is 11.5 Å². The number of rotatable bonds is 7. The highest BCUT2D eigenvalue weighted by Gasteiger charge is 2.36. The zero-order valence-corrected chi connectivity index (χ0v) is 14.9. The van der Waals surface area contributed by atoms with Gasteiger partial charge in [-0.2, -0.15) is 0 Å². The molecule has 1 saturated heterocycles. The van der Waals surface area contributed by atoms with Crippen molar-refractivity contribution in [3.05, 3.63) is 23.8 Å². The number of carbonyl (C=O) groups excluding carboxylic acids is 1. The second-order valence-corrected chi connectivity index (χ2v) is 8.14. The van der Waals surface area contributed by atoms with E-state index in [2.05, 4.69) is 0 Å². The average Bonchev–Trinajstić information content (AvgIpc) is 2.92. The Bertz CT molecular complexity index is 737. The van der Waals surface area contributed by atoms with Gasteiger partial charge in [-0.05, 0) is 24.1 Å². The van der Waals surface area contributed by atoms with Gasteiger partial charge in [0.2, 0.25) is 5.91 Å². The second kappa shape index (κ2) is 7.73. The molecular weight excluding hydrogens is 350 g/mol. The van der Waals surface area contributed by atoms with E-state index in [4.69, 9.17) is 14.6 Å². The summed E-state index contributed by atoms with van der Waals surface area (Å²) in [4.78, 5) is 24.9. The van der Waals surface area contributed by atoms with E-state index >= 15 is 0 Å². The van der Waals surface area contributed by atoms with Gasteiger partial charge in [-0.3, -0.25) is 9.59 Å². The van der Waals surface area contributed by atoms with Gasteiger partial charge in [0.1, 0.15) is 18.0 Å². The Morgan fingerprint density at radius 3 is 2.24 bits per heavy atom. The van der Waals surface area contributed by atoms with E-state index in [0.29, 0.717) is 17.1 Å². The van der Waals surface area contributed by atoms with Crippen molar-refractivity contribution in [2.75, 3.05) is 32.3 Å². The third-order valence-corrected chi connectivity index (χ3v) is 5.77. The Labute approximate surface area is 146 Å². The van der Waals surface area contributed by atoms with Crippen molar-refractivity contribution in [1.29, 1.82) is 0 Å². The molecule has 0 bridgehead atoms. The number of carboxylic acid groups (broad SMARTS) is 1. The Hall–Kier alpha value is -2.29. The van der Waals surface area contributed by atoms with Crippen molar-refractivity contribution in [2.24, 2.45) is 5.92 Å². The summed E-state index contributed by atoms with van der Waals surface area (Å²) < 4.78 is 33.5. The van der Waals surface area contributed by atoms with Crippen molar-refractivity contribution < 1.29 is 32.6 Å². The fourth-order valence-corrected chi connectivity index (χ4v) is 4.53. The molecule has 0 spiro atoms. The molecule has 0 radical (unpaired) electrons. The van der Waals surface area contributed by atoms with Crippen LogP contribution < -0.4 is 9.47 Å². The van der Waals surface area contributed by atoms with Crippen LogP contribution in [0.2, 0.25) is 0 Å². The molecule has 1 atom stereocenters. The highest BCUT2D eigenvalue weighted by molar-refractivity contribution is 7.91. The van der Waals surface area contributed by atoms with E-state index < -0.39 is 34.2 Å². The quantitative estimate of drug-likeness (QED) is 0.745. The summed E-state index contributed by atoms with van der Waals surface area (Å²) in [6.07, 6.45) is 0.221. The largest absolute Gasteiger partial charge is 0.497 e. The van der Waals surface area contributed by atoms with Crippen LogP contribution in [0.3, 0.4) is 0 Å². The van der Waals surface area contributed by atoms with E-state index in [0.717, 1.165) is 4.90 Å². The number of ether oxygens (including phenoxy) is 2. The zero-order valence-electron chi connectivity index (χ0n) is 14.1. The number of carbonyl (C=O) groups is 2. The number of hydrogen-bond donors (Lipinski definition) is 1. The van der Waals surface area contributed by atoms with Crippen LogP contribution in [-0.2, 0) is 26.0 Å². The molecule has 138 valence electrons. The minimum atomic E-state index is -3.23. The molecule has 1 aromatic rings. The fraction of sp³-hybridized carbons (Fsp3) is 0.500. The first-order chi connectivity index (χ1) is 11.7. The number of sulfone groups is 1. The molecule has 2 rings (SSSR count). The summed E-state index contributed by atoms with van der Waals surface area (Å²) in [5, 5.41) is 9.10. The molecule has 1 aliphatic rings. The van der Waals surface area contributed by atoms with Gasteiger partial charge in [-0.15, -0.1) is 0 Å². The summed E-state index contributed by atoms with van der Waals surface area (Å²) in [5.74, 6) is -1.58. The van der Waals surface area contributed by atoms with Crippen LogP contribution in [0, 0.1) is 5.92 Å². The summed E-state index contributed by atoms with van der Waals surface area (Å²) >= 11 is 0. The Kier molecular flexibility index (Phi) is 5.89. The molecule has 1 aliphatic heterocycles. The smallest absolute Gasteiger partial charge is 0.323 e. The molecule has 1 amide bonds. The number of methoxy groups -OCH3 is 2. The summed E-state index contributed by atoms with van der Waals surface area (Å²) in [7, 11) is -0.255.